The summed E-state index contributed by atoms with van der Waals surface area (Å²) in [5.41, 5.74) is 4.92. The molecule has 3 aromatic rings. The van der Waals surface area contributed by atoms with Gasteiger partial charge in [0.2, 0.25) is 5.91 Å². The Bertz CT molecular complexity index is 1950. The van der Waals surface area contributed by atoms with E-state index in [9.17, 15) is 14.9 Å². The van der Waals surface area contributed by atoms with E-state index in [2.05, 4.69) is 55.3 Å². The van der Waals surface area contributed by atoms with Crippen LogP contribution >= 0.6 is 0 Å². The van der Waals surface area contributed by atoms with Gasteiger partial charge in [0, 0.05) is 44.3 Å². The predicted molar refractivity (Wildman–Crippen MR) is 202 cm³/mol. The number of carbonyl (C=O) groups is 2. The number of ether oxygens (including phenoxy) is 1. The molecule has 6 aliphatic rings. The van der Waals surface area contributed by atoms with E-state index in [-0.39, 0.29) is 47.1 Å². The average Bonchev–Trinajstić information content (AvgIpc) is 3.74. The Labute approximate surface area is 312 Å². The van der Waals surface area contributed by atoms with Crippen molar-refractivity contribution in [1.29, 1.82) is 5.26 Å². The molecule has 9 rings (SSSR count). The number of likely N-dealkylation sites (N-methyl/N-ethyl adjacent to an activating group) is 1. The van der Waals surface area contributed by atoms with Crippen molar-refractivity contribution in [3.05, 3.63) is 76.6 Å². The van der Waals surface area contributed by atoms with E-state index in [0.717, 1.165) is 66.3 Å². The molecule has 5 atom stereocenters. The van der Waals surface area contributed by atoms with Crippen LogP contribution in [-0.4, -0.2) is 85.3 Å². The number of nitrogens with one attached hydrogen (secondary N) is 1. The molecular formula is C42H51BN4O6. The van der Waals surface area contributed by atoms with Gasteiger partial charge in [-0.2, -0.15) is 5.26 Å². The molecule has 5 fully saturated rings. The molecule has 2 bridgehead atoms. The topological polar surface area (TPSA) is 117 Å². The van der Waals surface area contributed by atoms with Crippen molar-refractivity contribution in [3.8, 4) is 6.07 Å². The van der Waals surface area contributed by atoms with E-state index in [1.807, 2.05) is 31.2 Å². The van der Waals surface area contributed by atoms with Crippen molar-refractivity contribution in [2.45, 2.75) is 96.5 Å². The Balaban J connectivity index is 0.964. The molecule has 2 amide bonds. The monoisotopic (exact) mass is 718 g/mol. The standard InChI is InChI=1S/C42H51BN4O6/c1-5-47(33-13-16-50-17-14-33)40(49)29(23-44)18-27-10-11-28-12-15-46(24-30(28)19-27)25-39(48)45-38(20-31-26-51-35-9-7-6-8-34(31)35)43-52-37-22-32-21-36(41(32,2)3)42(37,4)53-43/h6-11,18-19,26,32-33,36-38H,5,12-17,20-22,24-25H2,1-4H3,(H,45,48)/t32-,36-,37+,38?,42-/m0/s1. The third kappa shape index (κ3) is 6.73. The molecule has 1 aromatic heterocycles. The Hall–Kier alpha value is -3.95. The second kappa shape index (κ2) is 14.4. The smallest absolute Gasteiger partial charge is 0.464 e. The number of nitriles is 1. The van der Waals surface area contributed by atoms with Gasteiger partial charge in [-0.15, -0.1) is 0 Å². The van der Waals surface area contributed by atoms with Gasteiger partial charge >= 0.3 is 7.12 Å². The van der Waals surface area contributed by atoms with Crippen molar-refractivity contribution >= 4 is 36.0 Å². The zero-order valence-corrected chi connectivity index (χ0v) is 31.4. The summed E-state index contributed by atoms with van der Waals surface area (Å²) in [4.78, 5) is 31.4. The number of furan rings is 1. The molecule has 10 nitrogen and oxygen atoms in total. The van der Waals surface area contributed by atoms with Gasteiger partial charge in [0.15, 0.2) is 0 Å². The maximum absolute atomic E-state index is 13.9. The zero-order chi connectivity index (χ0) is 36.9. The van der Waals surface area contributed by atoms with Crippen LogP contribution in [0.2, 0.25) is 0 Å². The summed E-state index contributed by atoms with van der Waals surface area (Å²) in [5, 5.41) is 14.4. The fraction of sp³-hybridized carbons (Fsp3) is 0.548. The fourth-order valence-corrected chi connectivity index (χ4v) is 10.1. The summed E-state index contributed by atoms with van der Waals surface area (Å²) >= 11 is 0. The van der Waals surface area contributed by atoms with E-state index >= 15 is 0 Å². The second-order valence-corrected chi connectivity index (χ2v) is 16.6. The Kier molecular flexibility index (Phi) is 9.77. The summed E-state index contributed by atoms with van der Waals surface area (Å²) in [5.74, 6) is 0.338. The summed E-state index contributed by atoms with van der Waals surface area (Å²) in [6.45, 7) is 12.2. The van der Waals surface area contributed by atoms with Gasteiger partial charge in [-0.25, -0.2) is 0 Å². The lowest BCUT2D eigenvalue weighted by molar-refractivity contribution is -0.199. The summed E-state index contributed by atoms with van der Waals surface area (Å²) < 4.78 is 25.0. The van der Waals surface area contributed by atoms with Crippen molar-refractivity contribution in [2.24, 2.45) is 17.3 Å². The Morgan fingerprint density at radius 1 is 1.13 bits per heavy atom. The van der Waals surface area contributed by atoms with Crippen LogP contribution in [0.3, 0.4) is 0 Å². The molecule has 3 saturated carbocycles. The lowest BCUT2D eigenvalue weighted by atomic mass is 9.43. The number of hydrogen-bond donors (Lipinski definition) is 1. The molecule has 278 valence electrons. The van der Waals surface area contributed by atoms with Crippen LogP contribution in [0.4, 0.5) is 0 Å². The minimum atomic E-state index is -0.568. The van der Waals surface area contributed by atoms with Crippen LogP contribution < -0.4 is 5.32 Å². The molecule has 11 heteroatoms. The van der Waals surface area contributed by atoms with Crippen molar-refractivity contribution in [3.63, 3.8) is 0 Å². The predicted octanol–water partition coefficient (Wildman–Crippen LogP) is 5.72. The first-order chi connectivity index (χ1) is 25.6. The number of hydrogen-bond acceptors (Lipinski definition) is 8. The van der Waals surface area contributed by atoms with Crippen LogP contribution in [-0.2, 0) is 43.0 Å². The lowest BCUT2D eigenvalue weighted by Gasteiger charge is -2.64. The van der Waals surface area contributed by atoms with Gasteiger partial charge in [-0.1, -0.05) is 50.2 Å². The number of nitrogens with zero attached hydrogens (tertiary/aromatic N) is 3. The highest BCUT2D eigenvalue weighted by molar-refractivity contribution is 6.48. The first kappa shape index (κ1) is 36.1. The molecule has 3 aliphatic heterocycles. The summed E-state index contributed by atoms with van der Waals surface area (Å²) in [7, 11) is -0.568. The van der Waals surface area contributed by atoms with Crippen LogP contribution in [0.15, 0.2) is 58.7 Å². The van der Waals surface area contributed by atoms with E-state index < -0.39 is 13.1 Å². The number of fused-ring (bicyclic) bond motifs is 2. The van der Waals surface area contributed by atoms with Crippen LogP contribution in [0.1, 0.15) is 75.6 Å². The van der Waals surface area contributed by atoms with Crippen molar-refractivity contribution in [1.82, 2.24) is 15.1 Å². The Morgan fingerprint density at radius 3 is 2.72 bits per heavy atom. The quantitative estimate of drug-likeness (QED) is 0.161. The average molecular weight is 719 g/mol. The van der Waals surface area contributed by atoms with Gasteiger partial charge in [-0.3, -0.25) is 14.5 Å². The highest BCUT2D eigenvalue weighted by Crippen LogP contribution is 2.65. The van der Waals surface area contributed by atoms with Gasteiger partial charge < -0.3 is 28.7 Å². The van der Waals surface area contributed by atoms with E-state index in [1.165, 1.54) is 5.56 Å². The van der Waals surface area contributed by atoms with Gasteiger partial charge in [0.05, 0.1) is 30.5 Å². The largest absolute Gasteiger partial charge is 0.482 e. The molecule has 0 radical (unpaired) electrons. The molecule has 1 N–H and O–H groups in total. The molecule has 3 aliphatic carbocycles. The second-order valence-electron chi connectivity index (χ2n) is 16.6. The van der Waals surface area contributed by atoms with Gasteiger partial charge in [0.25, 0.3) is 5.91 Å². The molecule has 2 saturated heterocycles. The van der Waals surface area contributed by atoms with Crippen LogP contribution in [0, 0.1) is 28.6 Å². The summed E-state index contributed by atoms with van der Waals surface area (Å²) in [6, 6.07) is 16.3. The minimum absolute atomic E-state index is 0.00959. The molecule has 1 unspecified atom stereocenters. The van der Waals surface area contributed by atoms with Crippen molar-refractivity contribution in [2.75, 3.05) is 32.8 Å². The maximum atomic E-state index is 13.9. The van der Waals surface area contributed by atoms with Gasteiger partial charge in [0.1, 0.15) is 17.2 Å². The third-order valence-electron chi connectivity index (χ3n) is 13.2. The number of rotatable bonds is 10. The van der Waals surface area contributed by atoms with Crippen LogP contribution in [0.25, 0.3) is 17.0 Å². The zero-order valence-electron chi connectivity index (χ0n) is 31.4. The molecular weight excluding hydrogens is 667 g/mol. The van der Waals surface area contributed by atoms with Crippen LogP contribution in [0.5, 0.6) is 0 Å². The van der Waals surface area contributed by atoms with E-state index in [4.69, 9.17) is 18.5 Å². The molecule has 4 heterocycles. The van der Waals surface area contributed by atoms with Crippen molar-refractivity contribution < 1.29 is 28.1 Å². The highest BCUT2D eigenvalue weighted by atomic mass is 16.7. The number of benzene rings is 2. The molecule has 53 heavy (non-hydrogen) atoms. The normalized spacial score (nSPS) is 27.3. The first-order valence-corrected chi connectivity index (χ1v) is 19.5. The third-order valence-corrected chi connectivity index (χ3v) is 13.2. The number of amides is 2. The fourth-order valence-electron chi connectivity index (χ4n) is 10.1. The van der Waals surface area contributed by atoms with E-state index in [1.54, 1.807) is 17.2 Å². The highest BCUT2D eigenvalue weighted by Gasteiger charge is 2.68. The molecule has 2 aromatic carbocycles. The van der Waals surface area contributed by atoms with E-state index in [0.29, 0.717) is 44.6 Å². The maximum Gasteiger partial charge on any atom is 0.482 e. The van der Waals surface area contributed by atoms with Gasteiger partial charge in [-0.05, 0) is 104 Å². The number of para-hydroxylation sites is 1. The SMILES string of the molecule is CCN(C(=O)C(C#N)=Cc1ccc2c(c1)CN(CC(=O)NC(Cc1coc3ccccc13)B1O[C@@H]3C[C@@H]4C[C@@H](C4(C)C)[C@]3(C)O1)CC2)C1CCOCC1. The minimum Gasteiger partial charge on any atom is -0.464 e. The number of carbonyl (C=O) groups excluding carboxylic acids is 2. The summed E-state index contributed by atoms with van der Waals surface area (Å²) in [6.07, 6.45) is 8.53. The Morgan fingerprint density at radius 2 is 1.94 bits per heavy atom. The molecule has 0 spiro atoms. The lowest BCUT2D eigenvalue weighted by Crippen LogP contribution is -2.65. The first-order valence-electron chi connectivity index (χ1n) is 19.5.